The summed E-state index contributed by atoms with van der Waals surface area (Å²) in [4.78, 5) is 14.2. The molecule has 0 saturated heterocycles. The number of nitrogens with zero attached hydrogens (tertiary/aromatic N) is 6. The quantitative estimate of drug-likeness (QED) is 0.156. The Bertz CT molecular complexity index is 4490. The highest BCUT2D eigenvalue weighted by atomic mass is 14.9. The van der Waals surface area contributed by atoms with Gasteiger partial charge in [0.2, 0.25) is 17.1 Å². The van der Waals surface area contributed by atoms with Crippen molar-refractivity contribution in [2.75, 3.05) is 0 Å². The van der Waals surface area contributed by atoms with E-state index in [2.05, 4.69) is 161 Å². The summed E-state index contributed by atoms with van der Waals surface area (Å²) in [5.41, 5.74) is 21.4. The van der Waals surface area contributed by atoms with E-state index in [0.29, 0.717) is 22.4 Å². The number of hydrogen-bond donors (Lipinski definition) is 0. The second-order valence-electron chi connectivity index (χ2n) is 20.6. The Hall–Kier alpha value is -9.00. The first-order valence-electron chi connectivity index (χ1n) is 29.4. The number of benzene rings is 7. The van der Waals surface area contributed by atoms with Crippen molar-refractivity contribution in [3.8, 4) is 67.5 Å². The van der Waals surface area contributed by atoms with Crippen molar-refractivity contribution in [2.24, 2.45) is 21.1 Å². The van der Waals surface area contributed by atoms with Gasteiger partial charge in [-0.2, -0.15) is 0 Å². The molecular weight excluding hydrogens is 949 g/mol. The second-order valence-corrected chi connectivity index (χ2v) is 20.6. The minimum Gasteiger partial charge on any atom is -0.248 e. The Morgan fingerprint density at radius 3 is 1.38 bits per heavy atom. The third-order valence-electron chi connectivity index (χ3n) is 14.8. The zero-order chi connectivity index (χ0) is 59.8. The van der Waals surface area contributed by atoms with Crippen LogP contribution < -0.4 is 13.7 Å². The van der Waals surface area contributed by atoms with Gasteiger partial charge in [-0.1, -0.05) is 120 Å². The molecule has 0 aliphatic rings. The van der Waals surface area contributed by atoms with E-state index in [1.54, 1.807) is 12.4 Å². The first-order valence-corrected chi connectivity index (χ1v) is 26.4. The Morgan fingerprint density at radius 2 is 0.808 bits per heavy atom. The minimum absolute atomic E-state index is 0.302. The average Bonchev–Trinajstić information content (AvgIpc) is 3.56. The predicted molar refractivity (Wildman–Crippen MR) is 324 cm³/mol. The standard InChI is InChI=1S/C25H24N.C24H23N2.C23H22N3/c1-17-10-7-13-22-20(17)12-8-14-23(22)24-15-25(26(4)16-19(24)3)21-11-6-5-9-18(21)2;1-16-9-11-22-19(13-16)10-12-23(25-22)21-14-24(26(4)15-18(21)3)20-8-6-5-7-17(20)2;1-15-9-10-21-18(11-15)13-24-23(25-21)20-12-22(26(4)14-17(20)3)19-8-6-5-7-16(19)2/h5-16H,1-4H3;5-15H,1-4H3;5-14H,1-4H3/q3*+1/i2*3D3;. The van der Waals surface area contributed by atoms with Gasteiger partial charge in [-0.15, -0.1) is 0 Å². The maximum atomic E-state index is 8.15. The van der Waals surface area contributed by atoms with Crippen molar-refractivity contribution >= 4 is 32.6 Å². The summed E-state index contributed by atoms with van der Waals surface area (Å²) in [6, 6.07) is 59.5. The lowest BCUT2D eigenvalue weighted by Crippen LogP contribution is -2.31. The minimum atomic E-state index is -2.23. The molecule has 0 N–H and O–H groups in total. The zero-order valence-electron chi connectivity index (χ0n) is 52.2. The molecule has 0 saturated carbocycles. The van der Waals surface area contributed by atoms with Crippen LogP contribution in [0.25, 0.3) is 100 Å². The topological polar surface area (TPSA) is 50.3 Å². The van der Waals surface area contributed by atoms with Crippen molar-refractivity contribution in [3.63, 3.8) is 0 Å². The Balaban J connectivity index is 0.000000141. The third-order valence-corrected chi connectivity index (χ3v) is 14.8. The van der Waals surface area contributed by atoms with Crippen molar-refractivity contribution < 1.29 is 21.9 Å². The van der Waals surface area contributed by atoms with Gasteiger partial charge in [-0.05, 0) is 155 Å². The molecule has 0 aliphatic carbocycles. The van der Waals surface area contributed by atoms with Crippen molar-refractivity contribution in [3.05, 3.63) is 251 Å². The fourth-order valence-electron chi connectivity index (χ4n) is 10.5. The van der Waals surface area contributed by atoms with Gasteiger partial charge in [-0.3, -0.25) is 0 Å². The van der Waals surface area contributed by atoms with Crippen LogP contribution in [0.5, 0.6) is 0 Å². The number of fused-ring (bicyclic) bond motifs is 3. The summed E-state index contributed by atoms with van der Waals surface area (Å²) in [7, 11) is 5.88. The van der Waals surface area contributed by atoms with Crippen LogP contribution in [0.3, 0.4) is 0 Å². The molecule has 12 rings (SSSR count). The van der Waals surface area contributed by atoms with Gasteiger partial charge < -0.3 is 0 Å². The molecule has 6 nitrogen and oxygen atoms in total. The van der Waals surface area contributed by atoms with Gasteiger partial charge in [-0.25, -0.2) is 28.7 Å². The first kappa shape index (κ1) is 45.2. The number of hydrogen-bond acceptors (Lipinski definition) is 3. The molecular formula is C72H69N6+3. The van der Waals surface area contributed by atoms with Crippen LogP contribution in [0.15, 0.2) is 201 Å². The van der Waals surface area contributed by atoms with Crippen LogP contribution in [0.2, 0.25) is 0 Å². The highest BCUT2D eigenvalue weighted by Crippen LogP contribution is 2.35. The molecule has 0 amide bonds. The maximum absolute atomic E-state index is 8.15. The maximum Gasteiger partial charge on any atom is 0.213 e. The van der Waals surface area contributed by atoms with Crippen LogP contribution in [-0.2, 0) is 21.1 Å². The SMILES string of the molecule is Cc1ccc2nc(-c3cc(-c4ccccc4C)[n+](C)cc3C)ncc2c1.[2H]C([2H])([2H])c1c[n+](C)c(-c2ccccc2C)cc1-c1ccc2cc(C)ccc2n1.[2H]C([2H])([2H])c1c[n+](C)c(-c2ccccc2C)cc1-c1cccc2c(C)cccc12. The van der Waals surface area contributed by atoms with Crippen molar-refractivity contribution in [1.29, 1.82) is 0 Å². The number of aromatic nitrogens is 6. The molecule has 0 bridgehead atoms. The van der Waals surface area contributed by atoms with E-state index in [1.165, 1.54) is 27.8 Å². The summed E-state index contributed by atoms with van der Waals surface area (Å²) in [6.45, 7) is 10.2. The van der Waals surface area contributed by atoms with E-state index in [9.17, 15) is 0 Å². The molecule has 0 radical (unpaired) electrons. The molecule has 0 atom stereocenters. The number of pyridine rings is 4. The van der Waals surface area contributed by atoms with Crippen molar-refractivity contribution in [1.82, 2.24) is 15.0 Å². The third kappa shape index (κ3) is 10.9. The zero-order valence-corrected chi connectivity index (χ0v) is 46.2. The lowest BCUT2D eigenvalue weighted by atomic mass is 9.92. The lowest BCUT2D eigenvalue weighted by Gasteiger charge is -2.13. The number of rotatable bonds is 6. The van der Waals surface area contributed by atoms with E-state index in [1.807, 2.05) is 115 Å². The van der Waals surface area contributed by atoms with E-state index >= 15 is 0 Å². The second kappa shape index (κ2) is 22.3. The Morgan fingerprint density at radius 1 is 0.346 bits per heavy atom. The lowest BCUT2D eigenvalue weighted by molar-refractivity contribution is -0.660. The molecule has 0 unspecified atom stereocenters. The molecule has 5 heterocycles. The summed E-state index contributed by atoms with van der Waals surface area (Å²) in [5, 5.41) is 4.34. The molecule has 6 heteroatoms. The Labute approximate surface area is 469 Å². The molecule has 12 aromatic rings. The van der Waals surface area contributed by atoms with Gasteiger partial charge in [0.1, 0.15) is 21.1 Å². The van der Waals surface area contributed by atoms with E-state index in [0.717, 1.165) is 100.0 Å². The van der Waals surface area contributed by atoms with Gasteiger partial charge in [0.25, 0.3) is 0 Å². The van der Waals surface area contributed by atoms with Gasteiger partial charge in [0.15, 0.2) is 24.4 Å². The molecule has 7 aromatic carbocycles. The summed E-state index contributed by atoms with van der Waals surface area (Å²) < 4.78 is 54.6. The first-order chi connectivity index (χ1) is 40.0. The van der Waals surface area contributed by atoms with E-state index in [-0.39, 0.29) is 0 Å². The van der Waals surface area contributed by atoms with Crippen LogP contribution in [-0.4, -0.2) is 15.0 Å². The monoisotopic (exact) mass is 1020 g/mol. The largest absolute Gasteiger partial charge is 0.248 e. The fraction of sp³-hybridized carbons (Fsp3) is 0.167. The molecule has 78 heavy (non-hydrogen) atoms. The molecule has 384 valence electrons. The number of aryl methyl sites for hydroxylation is 12. The molecule has 0 fully saturated rings. The van der Waals surface area contributed by atoms with Gasteiger partial charge in [0.05, 0.1) is 16.7 Å². The Kier molecular flexibility index (Phi) is 12.9. The normalized spacial score (nSPS) is 12.5. The highest BCUT2D eigenvalue weighted by Gasteiger charge is 2.21. The highest BCUT2D eigenvalue weighted by molar-refractivity contribution is 5.99. The van der Waals surface area contributed by atoms with E-state index in [4.69, 9.17) is 18.2 Å². The van der Waals surface area contributed by atoms with E-state index < -0.39 is 13.7 Å². The van der Waals surface area contributed by atoms with Crippen LogP contribution in [0, 0.1) is 62.2 Å². The van der Waals surface area contributed by atoms with Crippen LogP contribution >= 0.6 is 0 Å². The smallest absolute Gasteiger partial charge is 0.213 e. The van der Waals surface area contributed by atoms with Crippen molar-refractivity contribution in [2.45, 2.75) is 62.2 Å². The molecule has 5 aromatic heterocycles. The predicted octanol–water partition coefficient (Wildman–Crippen LogP) is 16.0. The molecule has 0 spiro atoms. The summed E-state index contributed by atoms with van der Waals surface area (Å²) in [6.07, 6.45) is 7.55. The molecule has 0 aliphatic heterocycles. The summed E-state index contributed by atoms with van der Waals surface area (Å²) in [5.74, 6) is 0.772. The van der Waals surface area contributed by atoms with Gasteiger partial charge in [0, 0.05) is 87.9 Å². The van der Waals surface area contributed by atoms with Crippen LogP contribution in [0.4, 0.5) is 0 Å². The fourth-order valence-corrected chi connectivity index (χ4v) is 10.5. The average molecular weight is 1020 g/mol. The van der Waals surface area contributed by atoms with Gasteiger partial charge >= 0.3 is 0 Å². The summed E-state index contributed by atoms with van der Waals surface area (Å²) >= 11 is 0. The van der Waals surface area contributed by atoms with Crippen LogP contribution in [0.1, 0.15) is 58.3 Å².